The van der Waals surface area contributed by atoms with Gasteiger partial charge in [0.1, 0.15) is 0 Å². The molecule has 0 spiro atoms. The second-order valence-electron chi connectivity index (χ2n) is 7.95. The zero-order valence-electron chi connectivity index (χ0n) is 19.2. The van der Waals surface area contributed by atoms with Gasteiger partial charge < -0.3 is 10.6 Å². The molecule has 3 aromatic rings. The van der Waals surface area contributed by atoms with Gasteiger partial charge in [-0.25, -0.2) is 13.1 Å². The van der Waals surface area contributed by atoms with Gasteiger partial charge in [-0.3, -0.25) is 9.59 Å². The fourth-order valence-corrected chi connectivity index (χ4v) is 4.57. The van der Waals surface area contributed by atoms with Crippen molar-refractivity contribution in [1.29, 1.82) is 0 Å². The van der Waals surface area contributed by atoms with Gasteiger partial charge in [0.2, 0.25) is 10.0 Å². The summed E-state index contributed by atoms with van der Waals surface area (Å²) in [6.07, 6.45) is 1.36. The molecule has 1 atom stereocenters. The average molecular weight is 480 g/mol. The van der Waals surface area contributed by atoms with Crippen molar-refractivity contribution in [1.82, 2.24) is 10.0 Å². The van der Waals surface area contributed by atoms with Crippen LogP contribution in [0.15, 0.2) is 83.8 Å². The van der Waals surface area contributed by atoms with E-state index in [0.717, 1.165) is 5.56 Å². The number of anilines is 1. The van der Waals surface area contributed by atoms with E-state index in [1.165, 1.54) is 24.3 Å². The van der Waals surface area contributed by atoms with Crippen LogP contribution >= 0.6 is 0 Å². The Morgan fingerprint density at radius 3 is 2.18 bits per heavy atom. The molecular weight excluding hydrogens is 450 g/mol. The fourth-order valence-electron chi connectivity index (χ4n) is 3.25. The minimum absolute atomic E-state index is 0.0857. The van der Waals surface area contributed by atoms with E-state index in [0.29, 0.717) is 30.6 Å². The van der Waals surface area contributed by atoms with E-state index in [-0.39, 0.29) is 22.4 Å². The smallest absolute Gasteiger partial charge is 0.255 e. The summed E-state index contributed by atoms with van der Waals surface area (Å²) in [6, 6.07) is 22.1. The highest BCUT2D eigenvalue weighted by Crippen LogP contribution is 2.18. The standard InChI is InChI=1S/C26H29N3O4S/c1-3-19(2)29-34(32,33)22-15-13-21(14-16-22)25(30)28-24-12-8-7-11-23(24)26(31)27-18-17-20-9-5-4-6-10-20/h4-16,19,29H,3,17-18H2,1-2H3,(H,27,31)(H,28,30). The number of nitrogens with one attached hydrogen (secondary N) is 3. The van der Waals surface area contributed by atoms with Crippen LogP contribution in [0.1, 0.15) is 46.5 Å². The predicted molar refractivity (Wildman–Crippen MR) is 133 cm³/mol. The second kappa shape index (κ2) is 11.6. The van der Waals surface area contributed by atoms with Gasteiger partial charge in [-0.15, -0.1) is 0 Å². The monoisotopic (exact) mass is 479 g/mol. The molecule has 1 unspecified atom stereocenters. The molecule has 0 radical (unpaired) electrons. The van der Waals surface area contributed by atoms with E-state index in [1.54, 1.807) is 31.2 Å². The molecule has 3 aromatic carbocycles. The number of amides is 2. The van der Waals surface area contributed by atoms with Crippen molar-refractivity contribution < 1.29 is 18.0 Å². The van der Waals surface area contributed by atoms with Crippen molar-refractivity contribution in [3.63, 3.8) is 0 Å². The normalized spacial score (nSPS) is 12.1. The van der Waals surface area contributed by atoms with E-state index in [4.69, 9.17) is 0 Å². The molecular formula is C26H29N3O4S. The van der Waals surface area contributed by atoms with Gasteiger partial charge in [0.25, 0.3) is 11.8 Å². The summed E-state index contributed by atoms with van der Waals surface area (Å²) < 4.78 is 27.4. The number of sulfonamides is 1. The largest absolute Gasteiger partial charge is 0.352 e. The Balaban J connectivity index is 1.65. The Labute approximate surface area is 200 Å². The molecule has 0 fully saturated rings. The molecule has 0 bridgehead atoms. The Morgan fingerprint density at radius 1 is 0.853 bits per heavy atom. The quantitative estimate of drug-likeness (QED) is 0.409. The summed E-state index contributed by atoms with van der Waals surface area (Å²) in [7, 11) is -3.65. The number of rotatable bonds is 10. The molecule has 3 rings (SSSR count). The lowest BCUT2D eigenvalue weighted by molar-refractivity contribution is 0.0955. The van der Waals surface area contributed by atoms with Crippen molar-refractivity contribution in [3.8, 4) is 0 Å². The van der Waals surface area contributed by atoms with E-state index in [9.17, 15) is 18.0 Å². The third-order valence-corrected chi connectivity index (χ3v) is 6.96. The van der Waals surface area contributed by atoms with E-state index >= 15 is 0 Å². The average Bonchev–Trinajstić information content (AvgIpc) is 2.84. The fraction of sp³-hybridized carbons (Fsp3) is 0.231. The van der Waals surface area contributed by atoms with Crippen molar-refractivity contribution >= 4 is 27.5 Å². The SMILES string of the molecule is CCC(C)NS(=O)(=O)c1ccc(C(=O)Nc2ccccc2C(=O)NCCc2ccccc2)cc1. The number of para-hydroxylation sites is 1. The summed E-state index contributed by atoms with van der Waals surface area (Å²) in [5, 5.41) is 5.63. The minimum atomic E-state index is -3.65. The number of hydrogen-bond donors (Lipinski definition) is 3. The highest BCUT2D eigenvalue weighted by molar-refractivity contribution is 7.89. The number of carbonyl (C=O) groups is 2. The molecule has 2 amide bonds. The van der Waals surface area contributed by atoms with Gasteiger partial charge in [-0.2, -0.15) is 0 Å². The highest BCUT2D eigenvalue weighted by Gasteiger charge is 2.18. The maximum absolute atomic E-state index is 12.8. The van der Waals surface area contributed by atoms with Crippen LogP contribution in [0.5, 0.6) is 0 Å². The van der Waals surface area contributed by atoms with Crippen LogP contribution in [-0.4, -0.2) is 32.8 Å². The Hall–Kier alpha value is -3.49. The molecule has 8 heteroatoms. The van der Waals surface area contributed by atoms with Gasteiger partial charge >= 0.3 is 0 Å². The van der Waals surface area contributed by atoms with Crippen LogP contribution < -0.4 is 15.4 Å². The van der Waals surface area contributed by atoms with Crippen LogP contribution in [0.3, 0.4) is 0 Å². The molecule has 34 heavy (non-hydrogen) atoms. The predicted octanol–water partition coefficient (Wildman–Crippen LogP) is 3.99. The molecule has 0 aliphatic heterocycles. The minimum Gasteiger partial charge on any atom is -0.352 e. The third kappa shape index (κ3) is 6.76. The van der Waals surface area contributed by atoms with Crippen molar-refractivity contribution in [3.05, 3.63) is 95.6 Å². The van der Waals surface area contributed by atoms with Gasteiger partial charge in [-0.05, 0) is 61.7 Å². The molecule has 0 saturated carbocycles. The zero-order valence-corrected chi connectivity index (χ0v) is 20.1. The molecule has 0 saturated heterocycles. The lowest BCUT2D eigenvalue weighted by Crippen LogP contribution is -2.32. The van der Waals surface area contributed by atoms with Gasteiger partial charge in [-0.1, -0.05) is 49.4 Å². The first-order chi connectivity index (χ1) is 16.3. The first-order valence-corrected chi connectivity index (χ1v) is 12.6. The van der Waals surface area contributed by atoms with E-state index in [2.05, 4.69) is 15.4 Å². The van der Waals surface area contributed by atoms with Crippen molar-refractivity contribution in [2.45, 2.75) is 37.6 Å². The number of hydrogen-bond acceptors (Lipinski definition) is 4. The van der Waals surface area contributed by atoms with Gasteiger partial charge in [0, 0.05) is 18.2 Å². The van der Waals surface area contributed by atoms with Crippen LogP contribution in [0.2, 0.25) is 0 Å². The van der Waals surface area contributed by atoms with Gasteiger partial charge in [0.15, 0.2) is 0 Å². The van der Waals surface area contributed by atoms with Crippen LogP contribution in [0, 0.1) is 0 Å². The molecule has 178 valence electrons. The third-order valence-electron chi connectivity index (χ3n) is 5.36. The lowest BCUT2D eigenvalue weighted by Gasteiger charge is -2.13. The van der Waals surface area contributed by atoms with Crippen molar-refractivity contribution in [2.24, 2.45) is 0 Å². The Kier molecular flexibility index (Phi) is 8.56. The number of carbonyl (C=O) groups excluding carboxylic acids is 2. The molecule has 0 aromatic heterocycles. The molecule has 0 heterocycles. The van der Waals surface area contributed by atoms with Gasteiger partial charge in [0.05, 0.1) is 16.1 Å². The summed E-state index contributed by atoms with van der Waals surface area (Å²) >= 11 is 0. The zero-order chi connectivity index (χ0) is 24.6. The van der Waals surface area contributed by atoms with E-state index < -0.39 is 15.9 Å². The molecule has 3 N–H and O–H groups in total. The first-order valence-electron chi connectivity index (χ1n) is 11.1. The number of benzene rings is 3. The topological polar surface area (TPSA) is 104 Å². The Bertz CT molecular complexity index is 1230. The van der Waals surface area contributed by atoms with Crippen LogP contribution in [0.4, 0.5) is 5.69 Å². The van der Waals surface area contributed by atoms with E-state index in [1.807, 2.05) is 37.3 Å². The van der Waals surface area contributed by atoms with Crippen molar-refractivity contribution in [2.75, 3.05) is 11.9 Å². The highest BCUT2D eigenvalue weighted by atomic mass is 32.2. The second-order valence-corrected chi connectivity index (χ2v) is 9.66. The molecule has 0 aliphatic rings. The maximum Gasteiger partial charge on any atom is 0.255 e. The molecule has 0 aliphatic carbocycles. The van der Waals surface area contributed by atoms with Crippen LogP contribution in [-0.2, 0) is 16.4 Å². The van der Waals surface area contributed by atoms with Crippen LogP contribution in [0.25, 0.3) is 0 Å². The summed E-state index contributed by atoms with van der Waals surface area (Å²) in [4.78, 5) is 25.6. The first kappa shape index (κ1) is 25.1. The molecule has 7 nitrogen and oxygen atoms in total. The summed E-state index contributed by atoms with van der Waals surface area (Å²) in [5.41, 5.74) is 2.12. The lowest BCUT2D eigenvalue weighted by atomic mass is 10.1. The maximum atomic E-state index is 12.8. The Morgan fingerprint density at radius 2 is 1.50 bits per heavy atom. The summed E-state index contributed by atoms with van der Waals surface area (Å²) in [5.74, 6) is -0.729. The summed E-state index contributed by atoms with van der Waals surface area (Å²) in [6.45, 7) is 4.14.